The minimum atomic E-state index is -0.459. The highest BCUT2D eigenvalue weighted by Crippen LogP contribution is 2.27. The highest BCUT2D eigenvalue weighted by Gasteiger charge is 2.11. The lowest BCUT2D eigenvalue weighted by atomic mass is 10.1. The number of ether oxygens (including phenoxy) is 2. The number of benzene rings is 1. The van der Waals surface area contributed by atoms with Gasteiger partial charge in [-0.3, -0.25) is 0 Å². The van der Waals surface area contributed by atoms with Gasteiger partial charge in [0.25, 0.3) is 0 Å². The van der Waals surface area contributed by atoms with E-state index >= 15 is 0 Å². The van der Waals surface area contributed by atoms with Crippen molar-refractivity contribution >= 4 is 17.7 Å². The van der Waals surface area contributed by atoms with Gasteiger partial charge >= 0.3 is 5.97 Å². The summed E-state index contributed by atoms with van der Waals surface area (Å²) < 4.78 is 9.88. The van der Waals surface area contributed by atoms with Gasteiger partial charge in [-0.15, -0.1) is 11.8 Å². The van der Waals surface area contributed by atoms with E-state index in [2.05, 4.69) is 14.7 Å². The van der Waals surface area contributed by atoms with Crippen molar-refractivity contribution < 1.29 is 14.3 Å². The number of nitrogens with zero attached hydrogens (tertiary/aromatic N) is 2. The molecule has 0 unspecified atom stereocenters. The lowest BCUT2D eigenvalue weighted by Gasteiger charge is -2.08. The van der Waals surface area contributed by atoms with Crippen molar-refractivity contribution in [3.63, 3.8) is 0 Å². The van der Waals surface area contributed by atoms with Crippen molar-refractivity contribution in [1.82, 2.24) is 9.97 Å². The number of aromatic nitrogens is 2. The Labute approximate surface area is 121 Å². The minimum absolute atomic E-state index is 0.189. The van der Waals surface area contributed by atoms with E-state index in [0.717, 1.165) is 10.5 Å². The molecule has 2 rings (SSSR count). The van der Waals surface area contributed by atoms with Crippen LogP contribution in [0.25, 0.3) is 11.3 Å². The average Bonchev–Trinajstić information content (AvgIpc) is 2.53. The summed E-state index contributed by atoms with van der Waals surface area (Å²) in [5.41, 5.74) is 1.49. The minimum Gasteiger partial charge on any atom is -0.466 e. The van der Waals surface area contributed by atoms with E-state index in [1.807, 2.05) is 30.5 Å². The second kappa shape index (κ2) is 6.91. The first-order valence-corrected chi connectivity index (χ1v) is 7.12. The van der Waals surface area contributed by atoms with E-state index in [0.29, 0.717) is 11.6 Å². The molecule has 0 bridgehead atoms. The van der Waals surface area contributed by atoms with E-state index in [1.54, 1.807) is 18.0 Å². The molecule has 0 saturated carbocycles. The van der Waals surface area contributed by atoms with Crippen LogP contribution in [0, 0.1) is 0 Å². The maximum atomic E-state index is 11.1. The Balaban J connectivity index is 2.24. The standard InChI is InChI=1S/C14H14N2O3S/c1-18-12(17)9-19-14-13(15-7-8-16-14)10-3-5-11(20-2)6-4-10/h3-8H,9H2,1-2H3. The smallest absolute Gasteiger partial charge is 0.343 e. The fourth-order valence-electron chi connectivity index (χ4n) is 1.56. The summed E-state index contributed by atoms with van der Waals surface area (Å²) in [6.07, 6.45) is 5.12. The van der Waals surface area contributed by atoms with Gasteiger partial charge in [-0.05, 0) is 18.4 Å². The number of hydrogen-bond donors (Lipinski definition) is 0. The molecule has 5 nitrogen and oxygen atoms in total. The van der Waals surface area contributed by atoms with Crippen LogP contribution in [0.15, 0.2) is 41.6 Å². The fraction of sp³-hybridized carbons (Fsp3) is 0.214. The molecule has 1 aromatic carbocycles. The van der Waals surface area contributed by atoms with Gasteiger partial charge in [0.15, 0.2) is 6.61 Å². The first kappa shape index (κ1) is 14.3. The van der Waals surface area contributed by atoms with Gasteiger partial charge in [0.1, 0.15) is 5.69 Å². The largest absolute Gasteiger partial charge is 0.466 e. The van der Waals surface area contributed by atoms with Crippen molar-refractivity contribution in [1.29, 1.82) is 0 Å². The average molecular weight is 290 g/mol. The Morgan fingerprint density at radius 3 is 2.55 bits per heavy atom. The van der Waals surface area contributed by atoms with E-state index < -0.39 is 5.97 Å². The summed E-state index contributed by atoms with van der Waals surface area (Å²) >= 11 is 1.67. The lowest BCUT2D eigenvalue weighted by molar-refractivity contribution is -0.143. The molecule has 0 amide bonds. The molecule has 0 saturated heterocycles. The molecule has 2 aromatic rings. The van der Waals surface area contributed by atoms with Crippen molar-refractivity contribution in [2.75, 3.05) is 20.0 Å². The van der Waals surface area contributed by atoms with Crippen LogP contribution in [0.4, 0.5) is 0 Å². The normalized spacial score (nSPS) is 10.1. The molecule has 0 aliphatic rings. The number of hydrogen-bond acceptors (Lipinski definition) is 6. The first-order valence-electron chi connectivity index (χ1n) is 5.89. The zero-order chi connectivity index (χ0) is 14.4. The molecule has 0 N–H and O–H groups in total. The predicted molar refractivity (Wildman–Crippen MR) is 76.8 cm³/mol. The van der Waals surface area contributed by atoms with E-state index in [-0.39, 0.29) is 6.61 Å². The van der Waals surface area contributed by atoms with Crippen LogP contribution in [0.2, 0.25) is 0 Å². The molecule has 1 heterocycles. The van der Waals surface area contributed by atoms with Crippen molar-refractivity contribution in [3.8, 4) is 17.1 Å². The molecule has 104 valence electrons. The third kappa shape index (κ3) is 3.48. The van der Waals surface area contributed by atoms with Crippen LogP contribution in [-0.4, -0.2) is 35.9 Å². The van der Waals surface area contributed by atoms with E-state index in [4.69, 9.17) is 4.74 Å². The molecule has 6 heteroatoms. The highest BCUT2D eigenvalue weighted by molar-refractivity contribution is 7.98. The third-order valence-electron chi connectivity index (χ3n) is 2.58. The van der Waals surface area contributed by atoms with Gasteiger partial charge < -0.3 is 9.47 Å². The number of carbonyl (C=O) groups is 1. The van der Waals surface area contributed by atoms with Crippen LogP contribution in [-0.2, 0) is 9.53 Å². The molecule has 1 aromatic heterocycles. The molecule has 20 heavy (non-hydrogen) atoms. The Kier molecular flexibility index (Phi) is 4.95. The summed E-state index contributed by atoms with van der Waals surface area (Å²) in [4.78, 5) is 20.6. The Morgan fingerprint density at radius 2 is 1.90 bits per heavy atom. The number of methoxy groups -OCH3 is 1. The topological polar surface area (TPSA) is 61.3 Å². The predicted octanol–water partition coefficient (Wildman–Crippen LogP) is 2.42. The van der Waals surface area contributed by atoms with Gasteiger partial charge in [-0.2, -0.15) is 0 Å². The van der Waals surface area contributed by atoms with Crippen LogP contribution in [0.5, 0.6) is 5.88 Å². The molecular formula is C14H14N2O3S. The molecule has 0 aliphatic heterocycles. The monoisotopic (exact) mass is 290 g/mol. The van der Waals surface area contributed by atoms with Crippen molar-refractivity contribution in [3.05, 3.63) is 36.7 Å². The van der Waals surface area contributed by atoms with Gasteiger partial charge in [0.05, 0.1) is 7.11 Å². The summed E-state index contributed by atoms with van der Waals surface area (Å²) in [6, 6.07) is 7.89. The van der Waals surface area contributed by atoms with Crippen LogP contribution >= 0.6 is 11.8 Å². The maximum Gasteiger partial charge on any atom is 0.343 e. The maximum absolute atomic E-state index is 11.1. The number of esters is 1. The molecule has 0 atom stereocenters. The van der Waals surface area contributed by atoms with Gasteiger partial charge in [0, 0.05) is 22.9 Å². The van der Waals surface area contributed by atoms with Gasteiger partial charge in [-0.25, -0.2) is 14.8 Å². The zero-order valence-electron chi connectivity index (χ0n) is 11.2. The summed E-state index contributed by atoms with van der Waals surface area (Å²) in [5, 5.41) is 0. The lowest BCUT2D eigenvalue weighted by Crippen LogP contribution is -2.13. The summed E-state index contributed by atoms with van der Waals surface area (Å²) in [5.74, 6) is -0.144. The second-order valence-corrected chi connectivity index (χ2v) is 4.68. The molecule has 0 fully saturated rings. The molecule has 0 spiro atoms. The summed E-state index contributed by atoms with van der Waals surface area (Å²) in [7, 11) is 1.31. The van der Waals surface area contributed by atoms with Crippen LogP contribution in [0.3, 0.4) is 0 Å². The van der Waals surface area contributed by atoms with Crippen molar-refractivity contribution in [2.24, 2.45) is 0 Å². The SMILES string of the molecule is COC(=O)COc1nccnc1-c1ccc(SC)cc1. The highest BCUT2D eigenvalue weighted by atomic mass is 32.2. The second-order valence-electron chi connectivity index (χ2n) is 3.80. The quantitative estimate of drug-likeness (QED) is 0.622. The van der Waals surface area contributed by atoms with E-state index in [1.165, 1.54) is 13.3 Å². The Hall–Kier alpha value is -2.08. The third-order valence-corrected chi connectivity index (χ3v) is 3.33. The first-order chi connectivity index (χ1) is 9.74. The van der Waals surface area contributed by atoms with Crippen LogP contribution in [0.1, 0.15) is 0 Å². The number of carbonyl (C=O) groups excluding carboxylic acids is 1. The Morgan fingerprint density at radius 1 is 1.20 bits per heavy atom. The van der Waals surface area contributed by atoms with E-state index in [9.17, 15) is 4.79 Å². The molecule has 0 aliphatic carbocycles. The van der Waals surface area contributed by atoms with Crippen molar-refractivity contribution in [2.45, 2.75) is 4.90 Å². The number of thioether (sulfide) groups is 1. The Bertz CT molecular complexity index is 587. The summed E-state index contributed by atoms with van der Waals surface area (Å²) in [6.45, 7) is -0.189. The molecule has 0 radical (unpaired) electrons. The zero-order valence-corrected chi connectivity index (χ0v) is 12.0. The van der Waals surface area contributed by atoms with Crippen LogP contribution < -0.4 is 4.74 Å². The van der Waals surface area contributed by atoms with Gasteiger partial charge in [-0.1, -0.05) is 12.1 Å². The fourth-order valence-corrected chi connectivity index (χ4v) is 1.97. The van der Waals surface area contributed by atoms with Gasteiger partial charge in [0.2, 0.25) is 5.88 Å². The molecular weight excluding hydrogens is 276 g/mol. The number of rotatable bonds is 5.